The van der Waals surface area contributed by atoms with E-state index in [-0.39, 0.29) is 5.95 Å². The van der Waals surface area contributed by atoms with Crippen LogP contribution in [0.2, 0.25) is 0 Å². The number of nitrogen functional groups attached to an aromatic ring is 1. The topological polar surface area (TPSA) is 86.2 Å². The Balaban J connectivity index is 1.72. The number of anilines is 2. The van der Waals surface area contributed by atoms with E-state index < -0.39 is 0 Å². The van der Waals surface area contributed by atoms with Crippen molar-refractivity contribution in [3.63, 3.8) is 0 Å². The number of nitrogens with two attached hydrogens (primary N) is 1. The molecule has 6 heteroatoms. The maximum absolute atomic E-state index is 5.77. The molecule has 3 heterocycles. The molecule has 0 spiro atoms. The third-order valence-electron chi connectivity index (χ3n) is 3.35. The number of nitrogens with zero attached hydrogens (tertiary/aromatic N) is 2. The van der Waals surface area contributed by atoms with Crippen molar-refractivity contribution in [1.29, 1.82) is 0 Å². The Kier molecular flexibility index (Phi) is 3.56. The van der Waals surface area contributed by atoms with Gasteiger partial charge in [-0.15, -0.1) is 0 Å². The number of aryl methyl sites for hydroxylation is 1. The first-order valence-corrected chi connectivity index (χ1v) is 6.72. The molecule has 0 aromatic carbocycles. The van der Waals surface area contributed by atoms with Crippen LogP contribution in [0, 0.1) is 6.92 Å². The van der Waals surface area contributed by atoms with Gasteiger partial charge in [0.1, 0.15) is 17.3 Å². The zero-order valence-electron chi connectivity index (χ0n) is 11.4. The predicted octanol–water partition coefficient (Wildman–Crippen LogP) is 2.08. The fourth-order valence-corrected chi connectivity index (χ4v) is 2.31. The number of rotatable bonds is 4. The lowest BCUT2D eigenvalue weighted by molar-refractivity contribution is 0.193. The van der Waals surface area contributed by atoms with Crippen LogP contribution in [-0.4, -0.2) is 23.2 Å². The lowest BCUT2D eigenvalue weighted by Crippen LogP contribution is -2.09. The molecule has 2 aromatic heterocycles. The van der Waals surface area contributed by atoms with Gasteiger partial charge in [-0.25, -0.2) is 4.98 Å². The van der Waals surface area contributed by atoms with Crippen LogP contribution in [0.5, 0.6) is 0 Å². The van der Waals surface area contributed by atoms with Gasteiger partial charge in [-0.3, -0.25) is 0 Å². The molecule has 0 amide bonds. The molecule has 1 saturated heterocycles. The number of hydrogen-bond acceptors (Lipinski definition) is 6. The molecule has 0 radical (unpaired) electrons. The van der Waals surface area contributed by atoms with Gasteiger partial charge in [0, 0.05) is 18.6 Å². The van der Waals surface area contributed by atoms with Gasteiger partial charge < -0.3 is 20.2 Å². The second kappa shape index (κ2) is 5.50. The Labute approximate surface area is 117 Å². The van der Waals surface area contributed by atoms with Crippen molar-refractivity contribution >= 4 is 11.8 Å². The molecule has 0 bridgehead atoms. The standard InChI is InChI=1S/C14H18N4O2/c1-9-2-3-11(20-9)7-16-13-6-12(17-14(15)18-13)10-4-5-19-8-10/h2-3,6,10H,4-5,7-8H2,1H3,(H3,15,16,17,18). The van der Waals surface area contributed by atoms with Crippen LogP contribution < -0.4 is 11.1 Å². The van der Waals surface area contributed by atoms with E-state index in [0.29, 0.717) is 24.9 Å². The number of nitrogens with one attached hydrogen (secondary N) is 1. The van der Waals surface area contributed by atoms with E-state index in [4.69, 9.17) is 14.9 Å². The summed E-state index contributed by atoms with van der Waals surface area (Å²) in [7, 11) is 0. The average molecular weight is 274 g/mol. The summed E-state index contributed by atoms with van der Waals surface area (Å²) in [4.78, 5) is 8.50. The van der Waals surface area contributed by atoms with Crippen molar-refractivity contribution in [2.24, 2.45) is 0 Å². The Morgan fingerprint density at radius 3 is 3.00 bits per heavy atom. The van der Waals surface area contributed by atoms with Gasteiger partial charge in [-0.05, 0) is 25.5 Å². The molecule has 1 atom stereocenters. The Bertz CT molecular complexity index is 591. The van der Waals surface area contributed by atoms with Gasteiger partial charge in [0.2, 0.25) is 5.95 Å². The molecule has 6 nitrogen and oxygen atoms in total. The van der Waals surface area contributed by atoms with Gasteiger partial charge in [0.15, 0.2) is 0 Å². The minimum atomic E-state index is 0.285. The fourth-order valence-electron chi connectivity index (χ4n) is 2.31. The maximum atomic E-state index is 5.77. The van der Waals surface area contributed by atoms with Crippen molar-refractivity contribution in [2.75, 3.05) is 24.3 Å². The Morgan fingerprint density at radius 1 is 1.40 bits per heavy atom. The SMILES string of the molecule is Cc1ccc(CNc2cc(C3CCOC3)nc(N)n2)o1. The molecule has 3 rings (SSSR count). The fraction of sp³-hybridized carbons (Fsp3) is 0.429. The Morgan fingerprint density at radius 2 is 2.30 bits per heavy atom. The highest BCUT2D eigenvalue weighted by Gasteiger charge is 2.20. The molecule has 1 fully saturated rings. The van der Waals surface area contributed by atoms with Crippen LogP contribution in [0.25, 0.3) is 0 Å². The summed E-state index contributed by atoms with van der Waals surface area (Å²) in [6, 6.07) is 5.82. The molecule has 0 aliphatic carbocycles. The molecule has 0 saturated carbocycles. The third-order valence-corrected chi connectivity index (χ3v) is 3.35. The van der Waals surface area contributed by atoms with Crippen LogP contribution >= 0.6 is 0 Å². The number of furan rings is 1. The van der Waals surface area contributed by atoms with E-state index >= 15 is 0 Å². The maximum Gasteiger partial charge on any atom is 0.222 e. The quantitative estimate of drug-likeness (QED) is 0.887. The molecule has 20 heavy (non-hydrogen) atoms. The molecule has 1 unspecified atom stereocenters. The van der Waals surface area contributed by atoms with Gasteiger partial charge >= 0.3 is 0 Å². The van der Waals surface area contributed by atoms with Gasteiger partial charge in [-0.2, -0.15) is 4.98 Å². The monoisotopic (exact) mass is 274 g/mol. The van der Waals surface area contributed by atoms with Crippen LogP contribution in [0.15, 0.2) is 22.6 Å². The summed E-state index contributed by atoms with van der Waals surface area (Å²) in [6.07, 6.45) is 0.979. The zero-order chi connectivity index (χ0) is 13.9. The van der Waals surface area contributed by atoms with Crippen LogP contribution in [0.3, 0.4) is 0 Å². The highest BCUT2D eigenvalue weighted by atomic mass is 16.5. The third kappa shape index (κ3) is 2.91. The van der Waals surface area contributed by atoms with Crippen molar-refractivity contribution < 1.29 is 9.15 Å². The van der Waals surface area contributed by atoms with Crippen LogP contribution in [0.4, 0.5) is 11.8 Å². The van der Waals surface area contributed by atoms with E-state index in [2.05, 4.69) is 15.3 Å². The highest BCUT2D eigenvalue weighted by molar-refractivity contribution is 5.41. The largest absolute Gasteiger partial charge is 0.465 e. The molecule has 3 N–H and O–H groups in total. The summed E-state index contributed by atoms with van der Waals surface area (Å²) in [5.74, 6) is 3.07. The summed E-state index contributed by atoms with van der Waals surface area (Å²) in [6.45, 7) is 3.98. The lowest BCUT2D eigenvalue weighted by Gasteiger charge is -2.10. The summed E-state index contributed by atoms with van der Waals surface area (Å²) in [5.41, 5.74) is 6.71. The molecular weight excluding hydrogens is 256 g/mol. The van der Waals surface area contributed by atoms with Crippen molar-refractivity contribution in [3.05, 3.63) is 35.4 Å². The van der Waals surface area contributed by atoms with E-state index in [9.17, 15) is 0 Å². The van der Waals surface area contributed by atoms with Crippen molar-refractivity contribution in [2.45, 2.75) is 25.8 Å². The molecule has 1 aliphatic rings. The number of hydrogen-bond donors (Lipinski definition) is 2. The van der Waals surface area contributed by atoms with Crippen LogP contribution in [-0.2, 0) is 11.3 Å². The average Bonchev–Trinajstić information content (AvgIpc) is 3.07. The minimum Gasteiger partial charge on any atom is -0.465 e. The van der Waals surface area contributed by atoms with E-state index in [1.54, 1.807) is 0 Å². The first kappa shape index (κ1) is 12.9. The lowest BCUT2D eigenvalue weighted by atomic mass is 10.0. The summed E-state index contributed by atoms with van der Waals surface area (Å²) >= 11 is 0. The first-order chi connectivity index (χ1) is 9.70. The Hall–Kier alpha value is -2.08. The second-order valence-electron chi connectivity index (χ2n) is 4.96. The smallest absolute Gasteiger partial charge is 0.222 e. The zero-order valence-corrected chi connectivity index (χ0v) is 11.4. The number of ether oxygens (including phenoxy) is 1. The van der Waals surface area contributed by atoms with Crippen LogP contribution in [0.1, 0.15) is 29.6 Å². The van der Waals surface area contributed by atoms with E-state index in [1.807, 2.05) is 25.1 Å². The highest BCUT2D eigenvalue weighted by Crippen LogP contribution is 2.25. The minimum absolute atomic E-state index is 0.285. The van der Waals surface area contributed by atoms with E-state index in [1.165, 1.54) is 0 Å². The van der Waals surface area contributed by atoms with Gasteiger partial charge in [-0.1, -0.05) is 0 Å². The normalized spacial score (nSPS) is 18.4. The summed E-state index contributed by atoms with van der Waals surface area (Å²) < 4.78 is 10.9. The van der Waals surface area contributed by atoms with Crippen molar-refractivity contribution in [1.82, 2.24) is 9.97 Å². The van der Waals surface area contributed by atoms with Crippen molar-refractivity contribution in [3.8, 4) is 0 Å². The molecular formula is C14H18N4O2. The van der Waals surface area contributed by atoms with Gasteiger partial charge in [0.05, 0.1) is 18.8 Å². The molecule has 2 aromatic rings. The van der Waals surface area contributed by atoms with E-state index in [0.717, 1.165) is 30.2 Å². The number of aromatic nitrogens is 2. The molecule has 1 aliphatic heterocycles. The molecule has 106 valence electrons. The second-order valence-corrected chi connectivity index (χ2v) is 4.96. The van der Waals surface area contributed by atoms with Gasteiger partial charge in [0.25, 0.3) is 0 Å². The predicted molar refractivity (Wildman–Crippen MR) is 75.4 cm³/mol. The first-order valence-electron chi connectivity index (χ1n) is 6.72. The summed E-state index contributed by atoms with van der Waals surface area (Å²) in [5, 5.41) is 3.21.